The van der Waals surface area contributed by atoms with E-state index in [1.165, 1.54) is 17.5 Å². The summed E-state index contributed by atoms with van der Waals surface area (Å²) >= 11 is 0. The number of hydrogen-bond donors (Lipinski definition) is 3. The van der Waals surface area contributed by atoms with Crippen molar-refractivity contribution in [1.82, 2.24) is 20.5 Å². The lowest BCUT2D eigenvalue weighted by Crippen LogP contribution is -2.23. The lowest BCUT2D eigenvalue weighted by Gasteiger charge is -2.15. The molecule has 0 saturated carbocycles. The van der Waals surface area contributed by atoms with Gasteiger partial charge < -0.3 is 10.6 Å². The van der Waals surface area contributed by atoms with Crippen LogP contribution in [0, 0.1) is 0 Å². The first kappa shape index (κ1) is 19.5. The van der Waals surface area contributed by atoms with Crippen LogP contribution in [-0.4, -0.2) is 28.0 Å². The number of nitrogens with one attached hydrogen (secondary N) is 3. The van der Waals surface area contributed by atoms with Gasteiger partial charge in [-0.25, -0.2) is 0 Å². The molecule has 0 saturated heterocycles. The van der Waals surface area contributed by atoms with Crippen LogP contribution in [0.1, 0.15) is 21.5 Å². The van der Waals surface area contributed by atoms with Crippen LogP contribution in [0.3, 0.4) is 0 Å². The van der Waals surface area contributed by atoms with E-state index in [1.807, 2.05) is 30.3 Å². The van der Waals surface area contributed by atoms with E-state index in [-0.39, 0.29) is 0 Å². The van der Waals surface area contributed by atoms with E-state index in [0.717, 1.165) is 36.3 Å². The average molecular weight is 397 g/mol. The Bertz CT molecular complexity index is 1080. The van der Waals surface area contributed by atoms with Crippen LogP contribution in [0.5, 0.6) is 0 Å². The van der Waals surface area contributed by atoms with E-state index in [0.29, 0.717) is 11.3 Å². The van der Waals surface area contributed by atoms with Crippen molar-refractivity contribution < 1.29 is 4.79 Å². The summed E-state index contributed by atoms with van der Waals surface area (Å²) in [5.41, 5.74) is 6.15. The fraction of sp³-hybridized carbons (Fsp3) is 0.125. The number of rotatable bonds is 4. The lowest BCUT2D eigenvalue weighted by atomic mass is 10.0. The van der Waals surface area contributed by atoms with Crippen molar-refractivity contribution in [3.63, 3.8) is 0 Å². The largest absolute Gasteiger partial charge is 0.338 e. The van der Waals surface area contributed by atoms with E-state index >= 15 is 0 Å². The van der Waals surface area contributed by atoms with Gasteiger partial charge in [0, 0.05) is 23.9 Å². The highest BCUT2D eigenvalue weighted by atomic mass is 16.1. The molecule has 1 aliphatic rings. The molecule has 1 aliphatic heterocycles. The Balaban J connectivity index is 0.000000181. The highest BCUT2D eigenvalue weighted by Gasteiger charge is 2.09. The van der Waals surface area contributed by atoms with Crippen molar-refractivity contribution in [2.45, 2.75) is 13.0 Å². The monoisotopic (exact) mass is 397 g/mol. The number of pyridine rings is 1. The van der Waals surface area contributed by atoms with Crippen molar-refractivity contribution in [3.05, 3.63) is 95.9 Å². The zero-order valence-corrected chi connectivity index (χ0v) is 16.5. The summed E-state index contributed by atoms with van der Waals surface area (Å²) < 4.78 is 0. The SMILES string of the molecule is O=Cc1ccncc1Nc1[nH]ncc1-c1ccccc1.c1ccc2c(c1)CCNC2. The number of aldehydes is 1. The molecule has 0 bridgehead atoms. The summed E-state index contributed by atoms with van der Waals surface area (Å²) in [5.74, 6) is 0.729. The van der Waals surface area contributed by atoms with Crippen LogP contribution < -0.4 is 10.6 Å². The summed E-state index contributed by atoms with van der Waals surface area (Å²) in [5, 5.41) is 13.5. The van der Waals surface area contributed by atoms with Crippen molar-refractivity contribution in [1.29, 1.82) is 0 Å². The molecular weight excluding hydrogens is 374 g/mol. The zero-order chi connectivity index (χ0) is 20.6. The van der Waals surface area contributed by atoms with Gasteiger partial charge in [-0.2, -0.15) is 5.10 Å². The van der Waals surface area contributed by atoms with Crippen LogP contribution in [0.2, 0.25) is 0 Å². The molecule has 0 radical (unpaired) electrons. The second kappa shape index (κ2) is 9.62. The minimum absolute atomic E-state index is 0.550. The Labute approximate surface area is 175 Å². The van der Waals surface area contributed by atoms with E-state index < -0.39 is 0 Å². The molecule has 6 nitrogen and oxygen atoms in total. The third-order valence-electron chi connectivity index (χ3n) is 4.97. The van der Waals surface area contributed by atoms with E-state index in [4.69, 9.17) is 0 Å². The molecule has 0 fully saturated rings. The molecule has 0 spiro atoms. The van der Waals surface area contributed by atoms with Crippen molar-refractivity contribution in [2.75, 3.05) is 11.9 Å². The quantitative estimate of drug-likeness (QED) is 0.446. The topological polar surface area (TPSA) is 82.7 Å². The number of benzene rings is 2. The van der Waals surface area contributed by atoms with E-state index in [1.54, 1.807) is 24.7 Å². The smallest absolute Gasteiger partial charge is 0.152 e. The van der Waals surface area contributed by atoms with Crippen molar-refractivity contribution >= 4 is 17.8 Å². The Kier molecular flexibility index (Phi) is 6.27. The molecule has 0 amide bonds. The van der Waals surface area contributed by atoms with Crippen molar-refractivity contribution in [3.8, 4) is 11.1 Å². The lowest BCUT2D eigenvalue weighted by molar-refractivity contribution is 0.112. The summed E-state index contributed by atoms with van der Waals surface area (Å²) in [6, 6.07) is 20.2. The normalized spacial score (nSPS) is 12.3. The average Bonchev–Trinajstić information content (AvgIpc) is 3.29. The third-order valence-corrected chi connectivity index (χ3v) is 4.97. The van der Waals surface area contributed by atoms with Crippen LogP contribution >= 0.6 is 0 Å². The number of aromatic nitrogens is 3. The minimum Gasteiger partial charge on any atom is -0.338 e. The Morgan fingerprint density at radius 2 is 1.73 bits per heavy atom. The van der Waals surface area contributed by atoms with Crippen LogP contribution in [0.25, 0.3) is 11.1 Å². The number of fused-ring (bicyclic) bond motifs is 1. The second-order valence-corrected chi connectivity index (χ2v) is 6.93. The van der Waals surface area contributed by atoms with Crippen LogP contribution in [0.15, 0.2) is 79.3 Å². The van der Waals surface area contributed by atoms with Gasteiger partial charge in [0.25, 0.3) is 0 Å². The predicted octanol–water partition coefficient (Wildman–Crippen LogP) is 4.36. The predicted molar refractivity (Wildman–Crippen MR) is 119 cm³/mol. The molecular formula is C24H23N5O. The molecule has 0 aliphatic carbocycles. The maximum atomic E-state index is 11.0. The molecule has 6 heteroatoms. The first-order chi connectivity index (χ1) is 14.8. The Morgan fingerprint density at radius 3 is 2.53 bits per heavy atom. The maximum Gasteiger partial charge on any atom is 0.152 e. The number of carbonyl (C=O) groups is 1. The molecule has 3 heterocycles. The van der Waals surface area contributed by atoms with Gasteiger partial charge in [0.15, 0.2) is 6.29 Å². The first-order valence-corrected chi connectivity index (χ1v) is 9.87. The highest BCUT2D eigenvalue weighted by Crippen LogP contribution is 2.28. The second-order valence-electron chi connectivity index (χ2n) is 6.93. The van der Waals surface area contributed by atoms with Gasteiger partial charge in [0.2, 0.25) is 0 Å². The standard InChI is InChI=1S/C15H12N4O.C9H11N/c20-10-12-6-7-16-9-14(12)18-15-13(8-17-19-15)11-4-2-1-3-5-11;1-2-4-9-7-10-6-5-8(9)3-1/h1-10H,(H2,17,18,19);1-4,10H,5-7H2. The van der Waals surface area contributed by atoms with Gasteiger partial charge >= 0.3 is 0 Å². The number of aromatic amines is 1. The van der Waals surface area contributed by atoms with E-state index in [9.17, 15) is 4.79 Å². The van der Waals surface area contributed by atoms with Gasteiger partial charge in [-0.15, -0.1) is 0 Å². The number of anilines is 2. The maximum absolute atomic E-state index is 11.0. The van der Waals surface area contributed by atoms with Crippen LogP contribution in [-0.2, 0) is 13.0 Å². The fourth-order valence-electron chi connectivity index (χ4n) is 3.39. The molecule has 2 aromatic carbocycles. The molecule has 0 atom stereocenters. The van der Waals surface area contributed by atoms with Gasteiger partial charge in [0.05, 0.1) is 18.1 Å². The van der Waals surface area contributed by atoms with E-state index in [2.05, 4.69) is 50.1 Å². The first-order valence-electron chi connectivity index (χ1n) is 9.87. The van der Waals surface area contributed by atoms with Gasteiger partial charge in [-0.05, 0) is 35.7 Å². The van der Waals surface area contributed by atoms with Crippen LogP contribution in [0.4, 0.5) is 11.5 Å². The van der Waals surface area contributed by atoms with Crippen molar-refractivity contribution in [2.24, 2.45) is 0 Å². The fourth-order valence-corrected chi connectivity index (χ4v) is 3.39. The Hall–Kier alpha value is -3.77. The van der Waals surface area contributed by atoms with Gasteiger partial charge in [-0.3, -0.25) is 14.9 Å². The molecule has 3 N–H and O–H groups in total. The summed E-state index contributed by atoms with van der Waals surface area (Å²) in [6.45, 7) is 2.19. The molecule has 30 heavy (non-hydrogen) atoms. The Morgan fingerprint density at radius 1 is 0.933 bits per heavy atom. The molecule has 5 rings (SSSR count). The molecule has 150 valence electrons. The van der Waals surface area contributed by atoms with Gasteiger partial charge in [0.1, 0.15) is 5.82 Å². The molecule has 2 aromatic heterocycles. The summed E-state index contributed by atoms with van der Waals surface area (Å²) in [4.78, 5) is 15.0. The molecule has 4 aromatic rings. The van der Waals surface area contributed by atoms with Gasteiger partial charge in [-0.1, -0.05) is 54.6 Å². The minimum atomic E-state index is 0.550. The summed E-state index contributed by atoms with van der Waals surface area (Å²) in [6.07, 6.45) is 6.92. The number of carbonyl (C=O) groups excluding carboxylic acids is 1. The number of hydrogen-bond acceptors (Lipinski definition) is 5. The third kappa shape index (κ3) is 4.61. The zero-order valence-electron chi connectivity index (χ0n) is 16.5. The number of H-pyrrole nitrogens is 1. The highest BCUT2D eigenvalue weighted by molar-refractivity contribution is 5.87. The number of nitrogens with zero attached hydrogens (tertiary/aromatic N) is 2. The summed E-state index contributed by atoms with van der Waals surface area (Å²) in [7, 11) is 0. The molecule has 0 unspecified atom stereocenters.